The molecule has 2 N–H and O–H groups in total. The zero-order chi connectivity index (χ0) is 14.8. The van der Waals surface area contributed by atoms with E-state index in [2.05, 4.69) is 27.0 Å². The number of nitrogens with zero attached hydrogens (tertiary/aromatic N) is 3. The van der Waals surface area contributed by atoms with Gasteiger partial charge in [0.05, 0.1) is 23.1 Å². The van der Waals surface area contributed by atoms with Gasteiger partial charge in [0.2, 0.25) is 0 Å². The van der Waals surface area contributed by atoms with Crippen LogP contribution in [0.1, 0.15) is 11.3 Å². The molecule has 0 saturated heterocycles. The van der Waals surface area contributed by atoms with Crippen molar-refractivity contribution in [1.82, 2.24) is 9.97 Å². The molecule has 4 nitrogen and oxygen atoms in total. The van der Waals surface area contributed by atoms with Crippen LogP contribution in [-0.2, 0) is 6.54 Å². The third-order valence-corrected chi connectivity index (χ3v) is 3.58. The van der Waals surface area contributed by atoms with Crippen LogP contribution in [0.3, 0.4) is 0 Å². The molecule has 0 aliphatic carbocycles. The van der Waals surface area contributed by atoms with Gasteiger partial charge in [-0.15, -0.1) is 0 Å². The van der Waals surface area contributed by atoms with Crippen LogP contribution in [0.25, 0.3) is 10.9 Å². The Balaban J connectivity index is 2.00. The minimum absolute atomic E-state index is 0.690. The predicted octanol–water partition coefficient (Wildman–Crippen LogP) is 3.16. The summed E-state index contributed by atoms with van der Waals surface area (Å²) in [6.07, 6.45) is 3.44. The molecule has 106 valence electrons. The third kappa shape index (κ3) is 2.65. The van der Waals surface area contributed by atoms with Crippen LogP contribution in [-0.4, -0.2) is 17.0 Å². The van der Waals surface area contributed by atoms with E-state index in [-0.39, 0.29) is 0 Å². The Hall–Kier alpha value is -2.62. The average Bonchev–Trinajstić information content (AvgIpc) is 2.47. The van der Waals surface area contributed by atoms with Crippen LogP contribution in [0, 0.1) is 6.92 Å². The maximum Gasteiger partial charge on any atom is 0.0738 e. The summed E-state index contributed by atoms with van der Waals surface area (Å²) in [4.78, 5) is 10.8. The predicted molar refractivity (Wildman–Crippen MR) is 87.2 cm³/mol. The Morgan fingerprint density at radius 1 is 1.19 bits per heavy atom. The molecular formula is C17H18N4. The first-order chi connectivity index (χ1) is 10.1. The van der Waals surface area contributed by atoms with E-state index in [1.54, 1.807) is 12.4 Å². The minimum atomic E-state index is 0.690. The average molecular weight is 278 g/mol. The SMILES string of the molecule is Cc1cc(CN(C)c2ccncc2N)c2ccccc2n1. The molecule has 0 aliphatic rings. The van der Waals surface area contributed by atoms with Gasteiger partial charge < -0.3 is 10.6 Å². The smallest absolute Gasteiger partial charge is 0.0738 e. The van der Waals surface area contributed by atoms with E-state index in [0.29, 0.717) is 5.69 Å². The van der Waals surface area contributed by atoms with Crippen LogP contribution >= 0.6 is 0 Å². The first kappa shape index (κ1) is 13.4. The summed E-state index contributed by atoms with van der Waals surface area (Å²) in [5.41, 5.74) is 11.0. The number of benzene rings is 1. The number of rotatable bonds is 3. The van der Waals surface area contributed by atoms with Gasteiger partial charge in [0.1, 0.15) is 0 Å². The summed E-state index contributed by atoms with van der Waals surface area (Å²) in [6, 6.07) is 12.3. The molecule has 0 fully saturated rings. The number of aryl methyl sites for hydroxylation is 1. The van der Waals surface area contributed by atoms with Crippen molar-refractivity contribution in [3.8, 4) is 0 Å². The monoisotopic (exact) mass is 278 g/mol. The Kier molecular flexibility index (Phi) is 3.44. The van der Waals surface area contributed by atoms with E-state index >= 15 is 0 Å². The first-order valence-corrected chi connectivity index (χ1v) is 6.91. The number of nitrogen functional groups attached to an aromatic ring is 1. The summed E-state index contributed by atoms with van der Waals surface area (Å²) >= 11 is 0. The van der Waals surface area contributed by atoms with Gasteiger partial charge in [-0.25, -0.2) is 0 Å². The van der Waals surface area contributed by atoms with E-state index in [0.717, 1.165) is 23.4 Å². The van der Waals surface area contributed by atoms with Gasteiger partial charge in [0.25, 0.3) is 0 Å². The largest absolute Gasteiger partial charge is 0.396 e. The summed E-state index contributed by atoms with van der Waals surface area (Å²) < 4.78 is 0. The van der Waals surface area contributed by atoms with Crippen LogP contribution in [0.5, 0.6) is 0 Å². The Bertz CT molecular complexity index is 783. The maximum absolute atomic E-state index is 6.00. The first-order valence-electron chi connectivity index (χ1n) is 6.91. The molecule has 0 aliphatic heterocycles. The molecule has 1 aromatic carbocycles. The van der Waals surface area contributed by atoms with Crippen LogP contribution in [0.4, 0.5) is 11.4 Å². The summed E-state index contributed by atoms with van der Waals surface area (Å²) in [7, 11) is 2.04. The molecule has 0 radical (unpaired) electrons. The molecule has 0 saturated carbocycles. The van der Waals surface area contributed by atoms with Gasteiger partial charge in [0, 0.05) is 30.9 Å². The molecule has 21 heavy (non-hydrogen) atoms. The van der Waals surface area contributed by atoms with Crippen LogP contribution in [0.2, 0.25) is 0 Å². The molecule has 3 aromatic rings. The van der Waals surface area contributed by atoms with Crippen molar-refractivity contribution in [3.63, 3.8) is 0 Å². The number of nitrogens with two attached hydrogens (primary N) is 1. The maximum atomic E-state index is 6.00. The fourth-order valence-corrected chi connectivity index (χ4v) is 2.61. The van der Waals surface area contributed by atoms with Crippen molar-refractivity contribution >= 4 is 22.3 Å². The number of fused-ring (bicyclic) bond motifs is 1. The lowest BCUT2D eigenvalue weighted by Crippen LogP contribution is -2.18. The standard InChI is InChI=1S/C17H18N4/c1-12-9-13(14-5-3-4-6-16(14)20-12)11-21(2)17-7-8-19-10-15(17)18/h3-10H,11,18H2,1-2H3. The summed E-state index contributed by atoms with van der Waals surface area (Å²) in [6.45, 7) is 2.80. The van der Waals surface area contributed by atoms with Crippen molar-refractivity contribution < 1.29 is 0 Å². The molecule has 0 unspecified atom stereocenters. The van der Waals surface area contributed by atoms with Gasteiger partial charge in [-0.2, -0.15) is 0 Å². The Morgan fingerprint density at radius 2 is 2.00 bits per heavy atom. The molecule has 0 bridgehead atoms. The molecule has 2 aromatic heterocycles. The minimum Gasteiger partial charge on any atom is -0.396 e. The van der Waals surface area contributed by atoms with Gasteiger partial charge in [-0.1, -0.05) is 18.2 Å². The number of para-hydroxylation sites is 1. The van der Waals surface area contributed by atoms with E-state index in [1.807, 2.05) is 38.2 Å². The van der Waals surface area contributed by atoms with Gasteiger partial charge in [-0.05, 0) is 30.7 Å². The Labute approximate surface area is 124 Å². The van der Waals surface area contributed by atoms with E-state index in [1.165, 1.54) is 10.9 Å². The zero-order valence-corrected chi connectivity index (χ0v) is 12.2. The number of aromatic nitrogens is 2. The lowest BCUT2D eigenvalue weighted by Gasteiger charge is -2.21. The van der Waals surface area contributed by atoms with Crippen molar-refractivity contribution in [2.45, 2.75) is 13.5 Å². The van der Waals surface area contributed by atoms with Crippen molar-refractivity contribution in [3.05, 3.63) is 60.0 Å². The second-order valence-corrected chi connectivity index (χ2v) is 5.23. The zero-order valence-electron chi connectivity index (χ0n) is 12.2. The molecule has 2 heterocycles. The number of hydrogen-bond donors (Lipinski definition) is 1. The Morgan fingerprint density at radius 3 is 2.81 bits per heavy atom. The highest BCUT2D eigenvalue weighted by Gasteiger charge is 2.09. The highest BCUT2D eigenvalue weighted by molar-refractivity contribution is 5.82. The van der Waals surface area contributed by atoms with Crippen LogP contribution in [0.15, 0.2) is 48.8 Å². The summed E-state index contributed by atoms with van der Waals surface area (Å²) in [5, 5.41) is 1.18. The fourth-order valence-electron chi connectivity index (χ4n) is 2.61. The molecule has 0 spiro atoms. The molecule has 4 heteroatoms. The molecular weight excluding hydrogens is 260 g/mol. The number of pyridine rings is 2. The molecule has 3 rings (SSSR count). The quantitative estimate of drug-likeness (QED) is 0.799. The second kappa shape index (κ2) is 5.40. The normalized spacial score (nSPS) is 10.8. The van der Waals surface area contributed by atoms with Crippen molar-refractivity contribution in [2.75, 3.05) is 17.7 Å². The highest BCUT2D eigenvalue weighted by Crippen LogP contribution is 2.25. The van der Waals surface area contributed by atoms with Crippen molar-refractivity contribution in [2.24, 2.45) is 0 Å². The molecule has 0 atom stereocenters. The lowest BCUT2D eigenvalue weighted by atomic mass is 10.1. The van der Waals surface area contributed by atoms with Crippen molar-refractivity contribution in [1.29, 1.82) is 0 Å². The topological polar surface area (TPSA) is 55.0 Å². The van der Waals surface area contributed by atoms with Crippen LogP contribution < -0.4 is 10.6 Å². The second-order valence-electron chi connectivity index (χ2n) is 5.23. The van der Waals surface area contributed by atoms with E-state index < -0.39 is 0 Å². The van der Waals surface area contributed by atoms with E-state index in [9.17, 15) is 0 Å². The fraction of sp³-hybridized carbons (Fsp3) is 0.176. The lowest BCUT2D eigenvalue weighted by molar-refractivity contribution is 0.925. The van der Waals surface area contributed by atoms with Gasteiger partial charge >= 0.3 is 0 Å². The van der Waals surface area contributed by atoms with Gasteiger partial charge in [0.15, 0.2) is 0 Å². The highest BCUT2D eigenvalue weighted by atomic mass is 15.1. The number of hydrogen-bond acceptors (Lipinski definition) is 4. The molecule has 0 amide bonds. The van der Waals surface area contributed by atoms with Gasteiger partial charge in [-0.3, -0.25) is 9.97 Å². The van der Waals surface area contributed by atoms with E-state index in [4.69, 9.17) is 5.73 Å². The third-order valence-electron chi connectivity index (χ3n) is 3.58. The summed E-state index contributed by atoms with van der Waals surface area (Å²) in [5.74, 6) is 0. The number of anilines is 2.